The Morgan fingerprint density at radius 1 is 0.284 bits per heavy atom. The molecular formula is C63H36N10O. The number of benzene rings is 10. The molecule has 8 aromatic heterocycles. The first kappa shape index (κ1) is 38.4. The molecule has 18 aromatic rings. The number of hydrogen-bond acceptors (Lipinski definition) is 4. The maximum Gasteiger partial charge on any atom is 0.220 e. The highest BCUT2D eigenvalue weighted by Gasteiger charge is 2.26. The number of imidazole rings is 6. The van der Waals surface area contributed by atoms with E-state index in [9.17, 15) is 0 Å². The molecule has 0 aliphatic rings. The first-order valence-corrected chi connectivity index (χ1v) is 24.9. The molecule has 0 saturated carbocycles. The Bertz CT molecular complexity index is 5420. The van der Waals surface area contributed by atoms with Crippen molar-refractivity contribution in [2.75, 3.05) is 0 Å². The minimum Gasteiger partial charge on any atom is -0.454 e. The molecular weight excluding hydrogens is 913 g/mol. The molecule has 0 atom stereocenters. The molecule has 0 amide bonds. The number of aromatic nitrogens is 10. The Morgan fingerprint density at radius 3 is 1.30 bits per heavy atom. The van der Waals surface area contributed by atoms with Crippen molar-refractivity contribution in [1.82, 2.24) is 46.4 Å². The van der Waals surface area contributed by atoms with Crippen molar-refractivity contribution in [2.24, 2.45) is 0 Å². The van der Waals surface area contributed by atoms with Gasteiger partial charge in [0.25, 0.3) is 0 Å². The monoisotopic (exact) mass is 948 g/mol. The average molecular weight is 949 g/mol. The summed E-state index contributed by atoms with van der Waals surface area (Å²) in [4.78, 5) is 15.9. The summed E-state index contributed by atoms with van der Waals surface area (Å²) in [7, 11) is 0. The van der Waals surface area contributed by atoms with Gasteiger partial charge in [-0.3, -0.25) is 26.9 Å². The summed E-state index contributed by atoms with van der Waals surface area (Å²) >= 11 is 0. The summed E-state index contributed by atoms with van der Waals surface area (Å²) in [5.74, 6) is 2.48. The van der Waals surface area contributed by atoms with Gasteiger partial charge in [-0.1, -0.05) is 103 Å². The third kappa shape index (κ3) is 4.78. The second-order valence-corrected chi connectivity index (χ2v) is 19.3. The normalized spacial score (nSPS) is 12.6. The summed E-state index contributed by atoms with van der Waals surface area (Å²) in [5, 5.41) is 4.44. The van der Waals surface area contributed by atoms with E-state index in [0.717, 1.165) is 139 Å². The summed E-state index contributed by atoms with van der Waals surface area (Å²) in [5.41, 5.74) is 20.1. The number of fused-ring (bicyclic) bond motifs is 21. The van der Waals surface area contributed by atoms with E-state index in [1.807, 2.05) is 6.07 Å². The van der Waals surface area contributed by atoms with Crippen LogP contribution in [0.3, 0.4) is 0 Å². The highest BCUT2D eigenvalue weighted by atomic mass is 16.3. The van der Waals surface area contributed by atoms with Gasteiger partial charge in [0.05, 0.1) is 99.7 Å². The van der Waals surface area contributed by atoms with Gasteiger partial charge in [0, 0.05) is 21.8 Å². The van der Waals surface area contributed by atoms with Crippen LogP contribution in [0.5, 0.6) is 0 Å². The fourth-order valence-electron chi connectivity index (χ4n) is 12.5. The Hall–Kier alpha value is -10.4. The summed E-state index contributed by atoms with van der Waals surface area (Å²) in [6.45, 7) is 0. The zero-order chi connectivity index (χ0) is 47.9. The molecule has 0 spiro atoms. The van der Waals surface area contributed by atoms with Gasteiger partial charge >= 0.3 is 0 Å². The minimum atomic E-state index is 0.770. The topological polar surface area (TPSA) is 84.8 Å². The Balaban J connectivity index is 0.883. The van der Waals surface area contributed by atoms with Crippen LogP contribution in [0, 0.1) is 0 Å². The first-order valence-electron chi connectivity index (χ1n) is 24.9. The van der Waals surface area contributed by atoms with E-state index in [0.29, 0.717) is 0 Å². The van der Waals surface area contributed by atoms with Gasteiger partial charge in [-0.05, 0) is 115 Å². The number of furan rings is 1. The van der Waals surface area contributed by atoms with Crippen molar-refractivity contribution >= 4 is 127 Å². The van der Waals surface area contributed by atoms with E-state index in [-0.39, 0.29) is 0 Å². The minimum absolute atomic E-state index is 0.770. The lowest BCUT2D eigenvalue weighted by Gasteiger charge is -2.10. The van der Waals surface area contributed by atoms with Crippen molar-refractivity contribution in [3.05, 3.63) is 218 Å². The molecule has 0 bridgehead atoms. The molecule has 0 unspecified atom stereocenters. The fourth-order valence-corrected chi connectivity index (χ4v) is 12.5. The smallest absolute Gasteiger partial charge is 0.220 e. The van der Waals surface area contributed by atoms with E-state index < -0.39 is 0 Å². The van der Waals surface area contributed by atoms with Gasteiger partial charge in [-0.2, -0.15) is 0 Å². The van der Waals surface area contributed by atoms with Gasteiger partial charge in [-0.15, -0.1) is 0 Å². The van der Waals surface area contributed by atoms with E-state index in [1.54, 1.807) is 0 Å². The predicted molar refractivity (Wildman–Crippen MR) is 297 cm³/mol. The summed E-state index contributed by atoms with van der Waals surface area (Å²) in [6.07, 6.45) is 0. The van der Waals surface area contributed by atoms with Crippen LogP contribution in [0.2, 0.25) is 0 Å². The van der Waals surface area contributed by atoms with Crippen LogP contribution in [0.15, 0.2) is 223 Å². The van der Waals surface area contributed by atoms with Gasteiger partial charge in [0.1, 0.15) is 5.58 Å². The molecule has 0 radical (unpaired) electrons. The van der Waals surface area contributed by atoms with Crippen molar-refractivity contribution in [3.8, 4) is 22.7 Å². The molecule has 0 aliphatic carbocycles. The molecule has 11 nitrogen and oxygen atoms in total. The largest absolute Gasteiger partial charge is 0.454 e. The number of hydrogen-bond donors (Lipinski definition) is 0. The lowest BCUT2D eigenvalue weighted by Crippen LogP contribution is -1.98. The zero-order valence-corrected chi connectivity index (χ0v) is 39.2. The van der Waals surface area contributed by atoms with Crippen molar-refractivity contribution in [2.45, 2.75) is 0 Å². The molecule has 8 heterocycles. The Kier molecular flexibility index (Phi) is 7.11. The second-order valence-electron chi connectivity index (χ2n) is 19.3. The molecule has 11 heteroatoms. The van der Waals surface area contributed by atoms with E-state index >= 15 is 0 Å². The van der Waals surface area contributed by atoms with Crippen LogP contribution in [0.25, 0.3) is 150 Å². The molecule has 344 valence electrons. The molecule has 10 aromatic carbocycles. The average Bonchev–Trinajstić information content (AvgIpc) is 4.38. The highest BCUT2D eigenvalue weighted by molar-refractivity contribution is 6.14. The third-order valence-electron chi connectivity index (χ3n) is 15.5. The lowest BCUT2D eigenvalue weighted by molar-refractivity contribution is 0.666. The van der Waals surface area contributed by atoms with E-state index in [4.69, 9.17) is 19.4 Å². The van der Waals surface area contributed by atoms with Gasteiger partial charge in [0.2, 0.25) is 17.3 Å². The zero-order valence-electron chi connectivity index (χ0n) is 39.2. The predicted octanol–water partition coefficient (Wildman–Crippen LogP) is 14.9. The van der Waals surface area contributed by atoms with Crippen LogP contribution in [-0.4, -0.2) is 46.4 Å². The van der Waals surface area contributed by atoms with Crippen LogP contribution in [-0.2, 0) is 0 Å². The highest BCUT2D eigenvalue weighted by Crippen LogP contribution is 2.42. The lowest BCUT2D eigenvalue weighted by atomic mass is 10.1. The Morgan fingerprint density at radius 2 is 0.703 bits per heavy atom. The van der Waals surface area contributed by atoms with Gasteiger partial charge < -0.3 is 8.98 Å². The molecule has 0 fully saturated rings. The van der Waals surface area contributed by atoms with E-state index in [2.05, 4.69) is 244 Å². The summed E-state index contributed by atoms with van der Waals surface area (Å²) < 4.78 is 23.2. The molecule has 0 aliphatic heterocycles. The molecule has 18 rings (SSSR count). The third-order valence-corrected chi connectivity index (χ3v) is 15.5. The quantitative estimate of drug-likeness (QED) is 0.176. The van der Waals surface area contributed by atoms with Crippen molar-refractivity contribution in [3.63, 3.8) is 0 Å². The number of nitrogens with zero attached hydrogens (tertiary/aromatic N) is 10. The van der Waals surface area contributed by atoms with Crippen LogP contribution in [0.4, 0.5) is 0 Å². The maximum absolute atomic E-state index is 7.14. The van der Waals surface area contributed by atoms with E-state index in [1.165, 1.54) is 10.8 Å². The van der Waals surface area contributed by atoms with Gasteiger partial charge in [-0.25, -0.2) is 15.0 Å². The number of para-hydroxylation sites is 11. The Labute approximate surface area is 417 Å². The second kappa shape index (κ2) is 13.7. The van der Waals surface area contributed by atoms with Crippen molar-refractivity contribution < 1.29 is 4.42 Å². The SMILES string of the molecule is c1ccc2c(c1)nc1n(-c3ccc4c(c3)n3c5ccccc5nc3n4-c3cccc4oc5c(-n6c7ccc(-n8c9ccccc9c9ccccc98)cc7n7c8ccccc8nc67)cccc5c34)c3ccccc3n21. The standard InChI is InChI=1S/C63H36N10O/c1-6-21-45-39(15-1)40-16-2-7-22-46(40)67(45)37-31-33-53-56(35-37)71-49-25-10-5-20-44(49)66-63(71)73(53)55-29-13-17-41-59-54(28-14-30-58(59)74-60(41)55)72-52-34-32-38(36-57(52)70-48-24-9-4-19-43(48)65-62(70)72)68-50-26-11-12-27-51(50)69-47-23-8-3-18-42(47)64-61(68)69/h1-36H. The van der Waals surface area contributed by atoms with Crippen LogP contribution < -0.4 is 0 Å². The maximum atomic E-state index is 7.14. The fraction of sp³-hybridized carbons (Fsp3) is 0. The first-order chi connectivity index (χ1) is 36.7. The van der Waals surface area contributed by atoms with Crippen molar-refractivity contribution in [1.29, 1.82) is 0 Å². The molecule has 74 heavy (non-hydrogen) atoms. The summed E-state index contributed by atoms with van der Waals surface area (Å²) in [6, 6.07) is 77.3. The molecule has 0 N–H and O–H groups in total. The van der Waals surface area contributed by atoms with Crippen LogP contribution >= 0.6 is 0 Å². The van der Waals surface area contributed by atoms with Gasteiger partial charge in [0.15, 0.2) is 5.58 Å². The molecule has 0 saturated heterocycles. The number of rotatable bonds is 4. The van der Waals surface area contributed by atoms with Crippen LogP contribution in [0.1, 0.15) is 0 Å².